The van der Waals surface area contributed by atoms with Crippen molar-refractivity contribution in [2.45, 2.75) is 39.0 Å². The van der Waals surface area contributed by atoms with Crippen LogP contribution in [0.5, 0.6) is 5.75 Å². The van der Waals surface area contributed by atoms with Crippen LogP contribution in [0.2, 0.25) is 0 Å². The van der Waals surface area contributed by atoms with E-state index in [9.17, 15) is 0 Å². The number of methoxy groups -OCH3 is 1. The molecule has 0 amide bonds. The summed E-state index contributed by atoms with van der Waals surface area (Å²) in [6.07, 6.45) is 2.15. The smallest absolute Gasteiger partial charge is 0.141 e. The van der Waals surface area contributed by atoms with Crippen molar-refractivity contribution in [3.8, 4) is 5.75 Å². The van der Waals surface area contributed by atoms with Crippen molar-refractivity contribution in [2.24, 2.45) is 17.6 Å². The summed E-state index contributed by atoms with van der Waals surface area (Å²) in [6, 6.07) is 3.60. The maximum absolute atomic E-state index is 6.40. The molecule has 2 N–H and O–H groups in total. The van der Waals surface area contributed by atoms with E-state index in [-0.39, 0.29) is 24.2 Å². The van der Waals surface area contributed by atoms with E-state index in [4.69, 9.17) is 15.2 Å². The van der Waals surface area contributed by atoms with Crippen molar-refractivity contribution in [3.05, 3.63) is 24.0 Å². The zero-order chi connectivity index (χ0) is 13.3. The summed E-state index contributed by atoms with van der Waals surface area (Å²) in [5.41, 5.74) is 7.22. The maximum atomic E-state index is 6.40. The molecule has 1 aliphatic heterocycles. The molecule has 5 unspecified atom stereocenters. The van der Waals surface area contributed by atoms with Gasteiger partial charge in [0, 0.05) is 12.1 Å². The number of nitrogens with zero attached hydrogens (tertiary/aromatic N) is 1. The topological polar surface area (TPSA) is 57.4 Å². The predicted octanol–water partition coefficient (Wildman–Crippen LogP) is 2.15. The number of pyridine rings is 1. The third-order valence-corrected chi connectivity index (χ3v) is 4.07. The molecule has 1 aromatic rings. The molecule has 1 aromatic heterocycles. The van der Waals surface area contributed by atoms with Crippen LogP contribution in [0.15, 0.2) is 18.3 Å². The molecule has 1 saturated heterocycles. The quantitative estimate of drug-likeness (QED) is 0.893. The minimum Gasteiger partial charge on any atom is -0.495 e. The van der Waals surface area contributed by atoms with Gasteiger partial charge in [-0.05, 0) is 31.9 Å². The Bertz CT molecular complexity index is 411. The van der Waals surface area contributed by atoms with Gasteiger partial charge in [-0.25, -0.2) is 0 Å². The molecule has 1 aliphatic rings. The van der Waals surface area contributed by atoms with E-state index < -0.39 is 0 Å². The lowest BCUT2D eigenvalue weighted by atomic mass is 9.82. The highest BCUT2D eigenvalue weighted by Crippen LogP contribution is 2.40. The molecule has 100 valence electrons. The molecule has 0 aromatic carbocycles. The van der Waals surface area contributed by atoms with E-state index in [1.165, 1.54) is 0 Å². The third-order valence-electron chi connectivity index (χ3n) is 4.07. The second-order valence-electron chi connectivity index (χ2n) is 5.10. The van der Waals surface area contributed by atoms with Crippen LogP contribution >= 0.6 is 0 Å². The van der Waals surface area contributed by atoms with Crippen molar-refractivity contribution in [1.29, 1.82) is 0 Å². The normalized spacial score (nSPS) is 33.4. The van der Waals surface area contributed by atoms with Crippen LogP contribution in [-0.2, 0) is 4.74 Å². The summed E-state index contributed by atoms with van der Waals surface area (Å²) in [6.45, 7) is 6.37. The summed E-state index contributed by atoms with van der Waals surface area (Å²) in [5, 5.41) is 0. The largest absolute Gasteiger partial charge is 0.495 e. The fourth-order valence-electron chi connectivity index (χ4n) is 2.92. The molecule has 2 rings (SSSR count). The van der Waals surface area contributed by atoms with Gasteiger partial charge in [0.2, 0.25) is 0 Å². The van der Waals surface area contributed by atoms with Crippen LogP contribution in [-0.4, -0.2) is 24.3 Å². The Kier molecular flexibility index (Phi) is 3.88. The summed E-state index contributed by atoms with van der Waals surface area (Å²) >= 11 is 0. The third kappa shape index (κ3) is 2.22. The Hall–Kier alpha value is -1.13. The number of ether oxygens (including phenoxy) is 2. The van der Waals surface area contributed by atoms with Crippen LogP contribution in [0.25, 0.3) is 0 Å². The lowest BCUT2D eigenvalue weighted by Gasteiger charge is -2.26. The summed E-state index contributed by atoms with van der Waals surface area (Å²) < 4.78 is 11.2. The molecule has 0 spiro atoms. The highest BCUT2D eigenvalue weighted by molar-refractivity contribution is 5.30. The van der Waals surface area contributed by atoms with E-state index in [2.05, 4.69) is 25.8 Å². The van der Waals surface area contributed by atoms with Crippen molar-refractivity contribution in [2.75, 3.05) is 7.11 Å². The fraction of sp³-hybridized carbons (Fsp3) is 0.643. The van der Waals surface area contributed by atoms with Gasteiger partial charge in [0.05, 0.1) is 31.1 Å². The predicted molar refractivity (Wildman–Crippen MR) is 70.4 cm³/mol. The molecule has 0 saturated carbocycles. The average molecular weight is 250 g/mol. The lowest BCUT2D eigenvalue weighted by Crippen LogP contribution is -2.31. The van der Waals surface area contributed by atoms with Crippen molar-refractivity contribution in [1.82, 2.24) is 4.98 Å². The minimum absolute atomic E-state index is 0.150. The van der Waals surface area contributed by atoms with Crippen molar-refractivity contribution < 1.29 is 9.47 Å². The minimum atomic E-state index is -0.156. The van der Waals surface area contributed by atoms with Crippen molar-refractivity contribution in [3.63, 3.8) is 0 Å². The first-order valence-electron chi connectivity index (χ1n) is 6.46. The zero-order valence-corrected chi connectivity index (χ0v) is 11.5. The molecule has 0 aliphatic carbocycles. The van der Waals surface area contributed by atoms with Gasteiger partial charge >= 0.3 is 0 Å². The Labute approximate surface area is 108 Å². The highest BCUT2D eigenvalue weighted by Gasteiger charge is 2.42. The van der Waals surface area contributed by atoms with Crippen LogP contribution in [0.3, 0.4) is 0 Å². The molecule has 4 heteroatoms. The first-order chi connectivity index (χ1) is 8.56. The highest BCUT2D eigenvalue weighted by atomic mass is 16.5. The van der Waals surface area contributed by atoms with Gasteiger partial charge in [-0.2, -0.15) is 0 Å². The van der Waals surface area contributed by atoms with Crippen LogP contribution in [0, 0.1) is 11.8 Å². The molecule has 0 bridgehead atoms. The van der Waals surface area contributed by atoms with Gasteiger partial charge in [0.1, 0.15) is 5.75 Å². The second kappa shape index (κ2) is 5.24. The molecular formula is C14H22N2O2. The van der Waals surface area contributed by atoms with E-state index in [1.54, 1.807) is 13.3 Å². The monoisotopic (exact) mass is 250 g/mol. The van der Waals surface area contributed by atoms with Gasteiger partial charge < -0.3 is 15.2 Å². The lowest BCUT2D eigenvalue weighted by molar-refractivity contribution is 0.0487. The van der Waals surface area contributed by atoms with Gasteiger partial charge in [0.25, 0.3) is 0 Å². The number of hydrogen-bond acceptors (Lipinski definition) is 4. The van der Waals surface area contributed by atoms with Crippen LogP contribution in [0.1, 0.15) is 32.5 Å². The van der Waals surface area contributed by atoms with E-state index in [0.29, 0.717) is 5.92 Å². The zero-order valence-electron chi connectivity index (χ0n) is 11.5. The number of aromatic nitrogens is 1. The fourth-order valence-corrected chi connectivity index (χ4v) is 2.92. The van der Waals surface area contributed by atoms with Gasteiger partial charge in [-0.15, -0.1) is 0 Å². The first kappa shape index (κ1) is 13.3. The van der Waals surface area contributed by atoms with Gasteiger partial charge in [-0.3, -0.25) is 4.98 Å². The summed E-state index contributed by atoms with van der Waals surface area (Å²) in [5.74, 6) is 1.44. The molecule has 0 radical (unpaired) electrons. The molecule has 5 atom stereocenters. The van der Waals surface area contributed by atoms with Crippen molar-refractivity contribution >= 4 is 0 Å². The Balaban J connectivity index is 2.28. The Morgan fingerprint density at radius 3 is 2.61 bits per heavy atom. The molecule has 1 fully saturated rings. The maximum Gasteiger partial charge on any atom is 0.141 e. The molecular weight excluding hydrogens is 228 g/mol. The number of rotatable bonds is 3. The van der Waals surface area contributed by atoms with E-state index in [0.717, 1.165) is 11.4 Å². The van der Waals surface area contributed by atoms with Crippen LogP contribution < -0.4 is 10.5 Å². The second-order valence-corrected chi connectivity index (χ2v) is 5.10. The number of nitrogens with two attached hydrogens (primary N) is 1. The van der Waals surface area contributed by atoms with E-state index >= 15 is 0 Å². The Morgan fingerprint density at radius 2 is 2.06 bits per heavy atom. The van der Waals surface area contributed by atoms with Gasteiger partial charge in [0.15, 0.2) is 0 Å². The van der Waals surface area contributed by atoms with E-state index in [1.807, 2.05) is 12.1 Å². The first-order valence-corrected chi connectivity index (χ1v) is 6.46. The van der Waals surface area contributed by atoms with Gasteiger partial charge in [-0.1, -0.05) is 6.92 Å². The molecule has 4 nitrogen and oxygen atoms in total. The standard InChI is InChI=1S/C14H22N2O2/c1-8-9(2)18-10(3)12(8)13(15)14-11(17-4)6-5-7-16-14/h5-10,12-13H,15H2,1-4H3. The average Bonchev–Trinajstić information content (AvgIpc) is 2.62. The summed E-state index contributed by atoms with van der Waals surface area (Å²) in [7, 11) is 1.65. The summed E-state index contributed by atoms with van der Waals surface area (Å²) in [4.78, 5) is 4.38. The molecule has 18 heavy (non-hydrogen) atoms. The molecule has 2 heterocycles. The number of hydrogen-bond donors (Lipinski definition) is 1. The van der Waals surface area contributed by atoms with Crippen LogP contribution in [0.4, 0.5) is 0 Å². The SMILES string of the molecule is COc1cccnc1C(N)C1C(C)OC(C)C1C. The Morgan fingerprint density at radius 1 is 1.33 bits per heavy atom.